The largest absolute Gasteiger partial charge is 0.506 e. The lowest BCUT2D eigenvalue weighted by Gasteiger charge is -2.16. The monoisotopic (exact) mass is 469 g/mol. The first kappa shape index (κ1) is 27.4. The standard InChI is InChI=1S/C28H39NO5/c1-3-4-5-8-22-11-14-25(15-12-22)34-19-24(31)9-6-7-21(2)10-16-27(32)23-13-17-28(33)26(18-23)29-20-30/h11-15,17-18,20-21,27,32-33H,3-10,16,19H2,1-2H3,(H,29,30)/t21?,27-/m0/s1. The number of phenols is 1. The van der Waals surface area contributed by atoms with Gasteiger partial charge >= 0.3 is 0 Å². The van der Waals surface area contributed by atoms with Gasteiger partial charge in [-0.05, 0) is 73.4 Å². The topological polar surface area (TPSA) is 95.9 Å². The van der Waals surface area contributed by atoms with E-state index in [4.69, 9.17) is 4.74 Å². The Kier molecular flexibility index (Phi) is 12.2. The maximum Gasteiger partial charge on any atom is 0.211 e. The summed E-state index contributed by atoms with van der Waals surface area (Å²) in [5.41, 5.74) is 2.23. The molecule has 186 valence electrons. The number of rotatable bonds is 17. The van der Waals surface area contributed by atoms with E-state index < -0.39 is 6.10 Å². The average Bonchev–Trinajstić information content (AvgIpc) is 2.83. The van der Waals surface area contributed by atoms with Gasteiger partial charge in [0, 0.05) is 6.42 Å². The third-order valence-corrected chi connectivity index (χ3v) is 6.10. The SMILES string of the molecule is CCCCCc1ccc(OCC(=O)CCCC(C)CC[C@H](O)c2ccc(O)c(NC=O)c2)cc1. The van der Waals surface area contributed by atoms with Crippen molar-refractivity contribution in [1.29, 1.82) is 0 Å². The van der Waals surface area contributed by atoms with Crippen molar-refractivity contribution in [3.8, 4) is 11.5 Å². The van der Waals surface area contributed by atoms with Crippen LogP contribution in [0.2, 0.25) is 0 Å². The first-order valence-electron chi connectivity index (χ1n) is 12.4. The number of anilines is 1. The fourth-order valence-corrected chi connectivity index (χ4v) is 3.91. The van der Waals surface area contributed by atoms with Gasteiger partial charge in [0.05, 0.1) is 11.8 Å². The lowest BCUT2D eigenvalue weighted by Crippen LogP contribution is -2.11. The van der Waals surface area contributed by atoms with Gasteiger partial charge in [-0.2, -0.15) is 0 Å². The minimum atomic E-state index is -0.677. The second-order valence-electron chi connectivity index (χ2n) is 9.06. The summed E-state index contributed by atoms with van der Waals surface area (Å²) in [6.45, 7) is 4.41. The maximum atomic E-state index is 12.2. The van der Waals surface area contributed by atoms with Crippen molar-refractivity contribution in [2.75, 3.05) is 11.9 Å². The average molecular weight is 470 g/mol. The van der Waals surface area contributed by atoms with Gasteiger partial charge in [0.1, 0.15) is 18.1 Å². The molecule has 1 amide bonds. The molecule has 6 nitrogen and oxygen atoms in total. The van der Waals surface area contributed by atoms with Gasteiger partial charge in [0.2, 0.25) is 6.41 Å². The molecule has 0 aliphatic carbocycles. The Morgan fingerprint density at radius 3 is 2.53 bits per heavy atom. The number of aromatic hydroxyl groups is 1. The highest BCUT2D eigenvalue weighted by molar-refractivity contribution is 5.79. The number of ether oxygens (including phenoxy) is 1. The number of nitrogens with one attached hydrogen (secondary N) is 1. The van der Waals surface area contributed by atoms with Gasteiger partial charge in [0.25, 0.3) is 0 Å². The Labute approximate surface area is 203 Å². The van der Waals surface area contributed by atoms with Gasteiger partial charge in [-0.3, -0.25) is 9.59 Å². The van der Waals surface area contributed by atoms with Gasteiger partial charge in [-0.25, -0.2) is 0 Å². The number of ketones is 1. The number of aliphatic hydroxyl groups is 1. The molecule has 1 unspecified atom stereocenters. The predicted molar refractivity (Wildman–Crippen MR) is 135 cm³/mol. The molecule has 0 radical (unpaired) electrons. The minimum absolute atomic E-state index is 0.0375. The Balaban J connectivity index is 1.63. The lowest BCUT2D eigenvalue weighted by molar-refractivity contribution is -0.121. The zero-order valence-electron chi connectivity index (χ0n) is 20.5. The fourth-order valence-electron chi connectivity index (χ4n) is 3.91. The second-order valence-corrected chi connectivity index (χ2v) is 9.06. The molecular weight excluding hydrogens is 430 g/mol. The van der Waals surface area contributed by atoms with E-state index in [-0.39, 0.29) is 23.8 Å². The molecule has 0 spiro atoms. The van der Waals surface area contributed by atoms with Crippen LogP contribution in [0, 0.1) is 5.92 Å². The Bertz CT molecular complexity index is 881. The molecule has 3 N–H and O–H groups in total. The Morgan fingerprint density at radius 1 is 1.06 bits per heavy atom. The molecule has 0 fully saturated rings. The molecule has 0 saturated heterocycles. The van der Waals surface area contributed by atoms with E-state index in [0.717, 1.165) is 31.4 Å². The maximum absolute atomic E-state index is 12.2. The summed E-state index contributed by atoms with van der Waals surface area (Å²) in [5.74, 6) is 1.16. The number of unbranched alkanes of at least 4 members (excludes halogenated alkanes) is 2. The van der Waals surface area contributed by atoms with Crippen molar-refractivity contribution in [3.63, 3.8) is 0 Å². The van der Waals surface area contributed by atoms with Crippen LogP contribution in [0.4, 0.5) is 5.69 Å². The summed E-state index contributed by atoms with van der Waals surface area (Å²) in [6, 6.07) is 12.7. The van der Waals surface area contributed by atoms with Crippen molar-refractivity contribution in [2.45, 2.75) is 77.7 Å². The molecule has 0 heterocycles. The van der Waals surface area contributed by atoms with Crippen LogP contribution in [-0.2, 0) is 16.0 Å². The number of benzene rings is 2. The number of hydrogen-bond donors (Lipinski definition) is 3. The molecule has 2 atom stereocenters. The second kappa shape index (κ2) is 15.1. The highest BCUT2D eigenvalue weighted by Gasteiger charge is 2.13. The van der Waals surface area contributed by atoms with Crippen molar-refractivity contribution in [2.24, 2.45) is 5.92 Å². The highest BCUT2D eigenvalue weighted by Crippen LogP contribution is 2.29. The van der Waals surface area contributed by atoms with Crippen LogP contribution in [-0.4, -0.2) is 29.0 Å². The third-order valence-electron chi connectivity index (χ3n) is 6.10. The van der Waals surface area contributed by atoms with Crippen molar-refractivity contribution in [1.82, 2.24) is 0 Å². The summed E-state index contributed by atoms with van der Waals surface area (Å²) >= 11 is 0. The number of phenolic OH excluding ortho intramolecular Hbond substituents is 1. The number of amides is 1. The summed E-state index contributed by atoms with van der Waals surface area (Å²) in [7, 11) is 0. The van der Waals surface area contributed by atoms with E-state index in [0.29, 0.717) is 30.7 Å². The molecule has 0 bridgehead atoms. The van der Waals surface area contributed by atoms with E-state index in [9.17, 15) is 19.8 Å². The van der Waals surface area contributed by atoms with Crippen molar-refractivity contribution < 1.29 is 24.5 Å². The number of carbonyl (C=O) groups excluding carboxylic acids is 2. The molecular formula is C28H39NO5. The van der Waals surface area contributed by atoms with Crippen LogP contribution in [0.25, 0.3) is 0 Å². The zero-order chi connectivity index (χ0) is 24.8. The van der Waals surface area contributed by atoms with Crippen LogP contribution >= 0.6 is 0 Å². The van der Waals surface area contributed by atoms with Crippen molar-refractivity contribution >= 4 is 17.9 Å². The quantitative estimate of drug-likeness (QED) is 0.151. The molecule has 0 aliphatic rings. The van der Waals surface area contributed by atoms with Gasteiger partial charge in [0.15, 0.2) is 5.78 Å². The van der Waals surface area contributed by atoms with Gasteiger partial charge < -0.3 is 20.3 Å². The van der Waals surface area contributed by atoms with Crippen LogP contribution in [0.1, 0.15) is 82.4 Å². The van der Waals surface area contributed by atoms with Gasteiger partial charge in [-0.15, -0.1) is 0 Å². The Morgan fingerprint density at radius 2 is 1.82 bits per heavy atom. The van der Waals surface area contributed by atoms with Crippen LogP contribution in [0.3, 0.4) is 0 Å². The van der Waals surface area contributed by atoms with E-state index in [1.54, 1.807) is 12.1 Å². The number of aliphatic hydroxyl groups excluding tert-OH is 1. The first-order chi connectivity index (χ1) is 16.4. The van der Waals surface area contributed by atoms with E-state index in [2.05, 4.69) is 31.3 Å². The normalized spacial score (nSPS) is 12.7. The smallest absolute Gasteiger partial charge is 0.211 e. The molecule has 34 heavy (non-hydrogen) atoms. The molecule has 2 rings (SSSR count). The van der Waals surface area contributed by atoms with E-state index >= 15 is 0 Å². The summed E-state index contributed by atoms with van der Waals surface area (Å²) < 4.78 is 5.64. The molecule has 0 aromatic heterocycles. The lowest BCUT2D eigenvalue weighted by atomic mass is 9.94. The van der Waals surface area contributed by atoms with E-state index in [1.165, 1.54) is 30.9 Å². The highest BCUT2D eigenvalue weighted by atomic mass is 16.5. The van der Waals surface area contributed by atoms with Crippen LogP contribution in [0.5, 0.6) is 11.5 Å². The number of aryl methyl sites for hydroxylation is 1. The summed E-state index contributed by atoms with van der Waals surface area (Å²) in [6.07, 6.45) is 8.11. The number of Topliss-reactive ketones (excluding diaryl/α,β-unsaturated/α-hetero) is 1. The minimum Gasteiger partial charge on any atom is -0.506 e. The van der Waals surface area contributed by atoms with Gasteiger partial charge in [-0.1, -0.05) is 51.3 Å². The predicted octanol–water partition coefficient (Wildman–Crippen LogP) is 5.96. The van der Waals surface area contributed by atoms with Crippen LogP contribution in [0.15, 0.2) is 42.5 Å². The fraction of sp³-hybridized carbons (Fsp3) is 0.500. The summed E-state index contributed by atoms with van der Waals surface area (Å²) in [4.78, 5) is 22.8. The molecule has 2 aromatic carbocycles. The molecule has 6 heteroatoms. The van der Waals surface area contributed by atoms with E-state index in [1.807, 2.05) is 12.1 Å². The number of carbonyl (C=O) groups is 2. The number of hydrogen-bond acceptors (Lipinski definition) is 5. The Hall–Kier alpha value is -2.86. The molecule has 0 saturated carbocycles. The zero-order valence-corrected chi connectivity index (χ0v) is 20.5. The molecule has 2 aromatic rings. The summed E-state index contributed by atoms with van der Waals surface area (Å²) in [5, 5.41) is 22.6. The first-order valence-corrected chi connectivity index (χ1v) is 12.4. The van der Waals surface area contributed by atoms with Crippen LogP contribution < -0.4 is 10.1 Å². The van der Waals surface area contributed by atoms with Crippen molar-refractivity contribution in [3.05, 3.63) is 53.6 Å². The molecule has 0 aliphatic heterocycles. The third kappa shape index (κ3) is 9.96.